The van der Waals surface area contributed by atoms with Crippen molar-refractivity contribution >= 4 is 11.8 Å². The summed E-state index contributed by atoms with van der Waals surface area (Å²) in [7, 11) is 0. The Labute approximate surface area is 110 Å². The first kappa shape index (κ1) is 14.6. The van der Waals surface area contributed by atoms with E-state index in [-0.39, 0.29) is 6.10 Å². The minimum Gasteiger partial charge on any atom is -0.388 e. The Hall–Kier alpha value is -0.470. The first-order chi connectivity index (χ1) is 8.27. The average molecular weight is 252 g/mol. The van der Waals surface area contributed by atoms with E-state index < -0.39 is 0 Å². The van der Waals surface area contributed by atoms with Gasteiger partial charge in [0.1, 0.15) is 0 Å². The summed E-state index contributed by atoms with van der Waals surface area (Å²) < 4.78 is 0. The molecule has 1 N–H and O–H groups in total. The van der Waals surface area contributed by atoms with Crippen LogP contribution >= 0.6 is 11.8 Å². The van der Waals surface area contributed by atoms with E-state index >= 15 is 0 Å². The van der Waals surface area contributed by atoms with Crippen molar-refractivity contribution in [3.8, 4) is 0 Å². The van der Waals surface area contributed by atoms with Crippen LogP contribution in [0.3, 0.4) is 0 Å². The molecule has 1 unspecified atom stereocenters. The highest BCUT2D eigenvalue weighted by atomic mass is 32.2. The second kappa shape index (κ2) is 8.60. The number of hydrogen-bond acceptors (Lipinski definition) is 2. The molecule has 0 heterocycles. The van der Waals surface area contributed by atoms with Gasteiger partial charge in [-0.15, -0.1) is 11.8 Å². The zero-order valence-corrected chi connectivity index (χ0v) is 11.8. The molecule has 1 aromatic carbocycles. The SMILES string of the molecule is CCCCCCCC(O)c1ccc(SC)cc1. The van der Waals surface area contributed by atoms with Crippen LogP contribution in [0, 0.1) is 0 Å². The van der Waals surface area contributed by atoms with Crippen LogP contribution in [-0.2, 0) is 0 Å². The minimum atomic E-state index is -0.285. The summed E-state index contributed by atoms with van der Waals surface area (Å²) in [6.07, 6.45) is 8.94. The van der Waals surface area contributed by atoms with Gasteiger partial charge in [-0.1, -0.05) is 51.2 Å². The molecule has 0 amide bonds. The summed E-state index contributed by atoms with van der Waals surface area (Å²) in [6.45, 7) is 2.22. The molecule has 0 spiro atoms. The van der Waals surface area contributed by atoms with Crippen LogP contribution in [-0.4, -0.2) is 11.4 Å². The Morgan fingerprint density at radius 3 is 2.29 bits per heavy atom. The van der Waals surface area contributed by atoms with Gasteiger partial charge in [-0.3, -0.25) is 0 Å². The quantitative estimate of drug-likeness (QED) is 0.529. The molecule has 0 aliphatic carbocycles. The van der Waals surface area contributed by atoms with Crippen LogP contribution in [0.25, 0.3) is 0 Å². The highest BCUT2D eigenvalue weighted by Crippen LogP contribution is 2.23. The molecule has 96 valence electrons. The van der Waals surface area contributed by atoms with Crippen molar-refractivity contribution in [2.45, 2.75) is 56.4 Å². The first-order valence-corrected chi connectivity index (χ1v) is 7.82. The Morgan fingerprint density at radius 2 is 1.71 bits per heavy atom. The second-order valence-electron chi connectivity index (χ2n) is 4.49. The lowest BCUT2D eigenvalue weighted by Gasteiger charge is -2.11. The summed E-state index contributed by atoms with van der Waals surface area (Å²) in [6, 6.07) is 8.26. The van der Waals surface area contributed by atoms with Crippen molar-refractivity contribution in [2.24, 2.45) is 0 Å². The average Bonchev–Trinajstić information content (AvgIpc) is 2.38. The van der Waals surface area contributed by atoms with Crippen molar-refractivity contribution in [3.63, 3.8) is 0 Å². The minimum absolute atomic E-state index is 0.285. The summed E-state index contributed by atoms with van der Waals surface area (Å²) in [5, 5.41) is 10.0. The molecule has 0 saturated heterocycles. The lowest BCUT2D eigenvalue weighted by Crippen LogP contribution is -1.97. The van der Waals surface area contributed by atoms with E-state index in [4.69, 9.17) is 0 Å². The summed E-state index contributed by atoms with van der Waals surface area (Å²) in [5.41, 5.74) is 1.05. The van der Waals surface area contributed by atoms with E-state index in [9.17, 15) is 5.11 Å². The third-order valence-electron chi connectivity index (χ3n) is 3.08. The number of unbranched alkanes of at least 4 members (excludes halogenated alkanes) is 4. The van der Waals surface area contributed by atoms with Crippen molar-refractivity contribution in [1.82, 2.24) is 0 Å². The molecule has 1 aromatic rings. The predicted molar refractivity (Wildman–Crippen MR) is 76.6 cm³/mol. The number of aliphatic hydroxyl groups excluding tert-OH is 1. The molecule has 0 radical (unpaired) electrons. The van der Waals surface area contributed by atoms with Gasteiger partial charge in [0, 0.05) is 4.90 Å². The third-order valence-corrected chi connectivity index (χ3v) is 3.83. The maximum absolute atomic E-state index is 10.0. The van der Waals surface area contributed by atoms with Crippen LogP contribution in [0.1, 0.15) is 57.1 Å². The molecule has 2 heteroatoms. The fourth-order valence-electron chi connectivity index (χ4n) is 1.93. The van der Waals surface area contributed by atoms with Gasteiger partial charge < -0.3 is 5.11 Å². The molecule has 0 aliphatic rings. The van der Waals surface area contributed by atoms with Crippen LogP contribution < -0.4 is 0 Å². The zero-order chi connectivity index (χ0) is 12.5. The molecular weight excluding hydrogens is 228 g/mol. The molecule has 0 bridgehead atoms. The largest absolute Gasteiger partial charge is 0.388 e. The Bertz CT molecular complexity index is 294. The van der Waals surface area contributed by atoms with Crippen LogP contribution in [0.15, 0.2) is 29.2 Å². The van der Waals surface area contributed by atoms with Crippen molar-refractivity contribution < 1.29 is 5.11 Å². The standard InChI is InChI=1S/C15H24OS/c1-3-4-5-6-7-8-15(16)13-9-11-14(17-2)12-10-13/h9-12,15-16H,3-8H2,1-2H3. The normalized spacial score (nSPS) is 12.6. The van der Waals surface area contributed by atoms with Crippen molar-refractivity contribution in [3.05, 3.63) is 29.8 Å². The number of benzene rings is 1. The lowest BCUT2D eigenvalue weighted by atomic mass is 10.0. The monoisotopic (exact) mass is 252 g/mol. The number of hydrogen-bond donors (Lipinski definition) is 1. The highest BCUT2D eigenvalue weighted by molar-refractivity contribution is 7.98. The summed E-state index contributed by atoms with van der Waals surface area (Å²) in [4.78, 5) is 1.25. The molecule has 0 fully saturated rings. The molecule has 1 atom stereocenters. The van der Waals surface area contributed by atoms with Crippen molar-refractivity contribution in [2.75, 3.05) is 6.26 Å². The summed E-state index contributed by atoms with van der Waals surface area (Å²) >= 11 is 1.73. The van der Waals surface area contributed by atoms with Gasteiger partial charge in [0.2, 0.25) is 0 Å². The predicted octanol–water partition coefficient (Wildman–Crippen LogP) is 4.80. The van der Waals surface area contributed by atoms with Crippen LogP contribution in [0.2, 0.25) is 0 Å². The van der Waals surface area contributed by atoms with E-state index in [2.05, 4.69) is 25.3 Å². The van der Waals surface area contributed by atoms with E-state index in [1.54, 1.807) is 11.8 Å². The van der Waals surface area contributed by atoms with E-state index in [1.165, 1.54) is 30.6 Å². The molecule has 0 saturated carbocycles. The van der Waals surface area contributed by atoms with Gasteiger partial charge in [-0.2, -0.15) is 0 Å². The molecule has 1 nitrogen and oxygen atoms in total. The zero-order valence-electron chi connectivity index (χ0n) is 11.0. The van der Waals surface area contributed by atoms with E-state index in [1.807, 2.05) is 12.1 Å². The number of rotatable bonds is 8. The van der Waals surface area contributed by atoms with Gasteiger partial charge >= 0.3 is 0 Å². The number of aliphatic hydroxyl groups is 1. The smallest absolute Gasteiger partial charge is 0.0790 e. The summed E-state index contributed by atoms with van der Waals surface area (Å²) in [5.74, 6) is 0. The van der Waals surface area contributed by atoms with Crippen molar-refractivity contribution in [1.29, 1.82) is 0 Å². The molecule has 1 rings (SSSR count). The second-order valence-corrected chi connectivity index (χ2v) is 5.37. The lowest BCUT2D eigenvalue weighted by molar-refractivity contribution is 0.163. The fourth-order valence-corrected chi connectivity index (χ4v) is 2.34. The Kier molecular flexibility index (Phi) is 7.38. The Balaban J connectivity index is 2.28. The van der Waals surface area contributed by atoms with Gasteiger partial charge in [0.15, 0.2) is 0 Å². The maximum Gasteiger partial charge on any atom is 0.0790 e. The maximum atomic E-state index is 10.0. The van der Waals surface area contributed by atoms with Gasteiger partial charge in [0.25, 0.3) is 0 Å². The molecule has 17 heavy (non-hydrogen) atoms. The number of thioether (sulfide) groups is 1. The highest BCUT2D eigenvalue weighted by Gasteiger charge is 2.06. The van der Waals surface area contributed by atoms with Crippen LogP contribution in [0.4, 0.5) is 0 Å². The third kappa shape index (κ3) is 5.60. The van der Waals surface area contributed by atoms with Gasteiger partial charge in [0.05, 0.1) is 6.10 Å². The topological polar surface area (TPSA) is 20.2 Å². The Morgan fingerprint density at radius 1 is 1.06 bits per heavy atom. The molecule has 0 aromatic heterocycles. The molecule has 0 aliphatic heterocycles. The van der Waals surface area contributed by atoms with Crippen LogP contribution in [0.5, 0.6) is 0 Å². The van der Waals surface area contributed by atoms with E-state index in [0.29, 0.717) is 0 Å². The molecular formula is C15H24OS. The van der Waals surface area contributed by atoms with E-state index in [0.717, 1.165) is 18.4 Å². The first-order valence-electron chi connectivity index (χ1n) is 6.60. The van der Waals surface area contributed by atoms with Gasteiger partial charge in [-0.25, -0.2) is 0 Å². The fraction of sp³-hybridized carbons (Fsp3) is 0.600. The van der Waals surface area contributed by atoms with Gasteiger partial charge in [-0.05, 0) is 30.4 Å².